The number of hydrogen-bond donors (Lipinski definition) is 0. The first-order chi connectivity index (χ1) is 8.24. The molecule has 0 saturated heterocycles. The first kappa shape index (κ1) is 10.4. The minimum atomic E-state index is -0.307. The topological polar surface area (TPSA) is 25.8 Å². The summed E-state index contributed by atoms with van der Waals surface area (Å²) in [6.45, 7) is 1.96. The second kappa shape index (κ2) is 3.89. The average Bonchev–Trinajstić information content (AvgIpc) is 2.68. The lowest BCUT2D eigenvalue weighted by Crippen LogP contribution is -1.87. The number of aryl methyl sites for hydroxylation is 1. The Bertz CT molecular complexity index is 691. The van der Waals surface area contributed by atoms with E-state index < -0.39 is 0 Å². The SMILES string of the molecule is Cc1nc2cc(-c3ncccc3F)ccc2s1. The first-order valence-electron chi connectivity index (χ1n) is 5.22. The van der Waals surface area contributed by atoms with Crippen molar-refractivity contribution in [2.24, 2.45) is 0 Å². The van der Waals surface area contributed by atoms with E-state index in [2.05, 4.69) is 9.97 Å². The molecule has 2 heterocycles. The van der Waals surface area contributed by atoms with Gasteiger partial charge in [0.05, 0.1) is 15.2 Å². The molecule has 3 rings (SSSR count). The molecule has 1 aromatic carbocycles. The summed E-state index contributed by atoms with van der Waals surface area (Å²) in [7, 11) is 0. The van der Waals surface area contributed by atoms with Crippen LogP contribution in [0.25, 0.3) is 21.5 Å². The summed E-state index contributed by atoms with van der Waals surface area (Å²) in [5.41, 5.74) is 2.04. The number of aromatic nitrogens is 2. The molecule has 84 valence electrons. The van der Waals surface area contributed by atoms with Gasteiger partial charge in [-0.05, 0) is 31.2 Å². The van der Waals surface area contributed by atoms with Crippen LogP contribution in [0.4, 0.5) is 4.39 Å². The van der Waals surface area contributed by atoms with Gasteiger partial charge in [-0.3, -0.25) is 4.98 Å². The largest absolute Gasteiger partial charge is 0.253 e. The summed E-state index contributed by atoms with van der Waals surface area (Å²) in [4.78, 5) is 8.46. The van der Waals surface area contributed by atoms with Gasteiger partial charge in [0.25, 0.3) is 0 Å². The quantitative estimate of drug-likeness (QED) is 0.650. The van der Waals surface area contributed by atoms with Gasteiger partial charge in [0, 0.05) is 11.8 Å². The molecule has 4 heteroatoms. The Balaban J connectivity index is 2.21. The van der Waals surface area contributed by atoms with Crippen LogP contribution in [0.1, 0.15) is 5.01 Å². The summed E-state index contributed by atoms with van der Waals surface area (Å²) < 4.78 is 14.7. The molecule has 17 heavy (non-hydrogen) atoms. The van der Waals surface area contributed by atoms with Crippen molar-refractivity contribution in [3.63, 3.8) is 0 Å². The van der Waals surface area contributed by atoms with Gasteiger partial charge in [0.15, 0.2) is 0 Å². The van der Waals surface area contributed by atoms with Crippen LogP contribution in [0.2, 0.25) is 0 Å². The van der Waals surface area contributed by atoms with Crippen LogP contribution in [-0.4, -0.2) is 9.97 Å². The highest BCUT2D eigenvalue weighted by Gasteiger charge is 2.08. The average molecular weight is 244 g/mol. The van der Waals surface area contributed by atoms with Gasteiger partial charge in [-0.1, -0.05) is 6.07 Å². The molecule has 0 aliphatic rings. The van der Waals surface area contributed by atoms with E-state index >= 15 is 0 Å². The van der Waals surface area contributed by atoms with Crippen molar-refractivity contribution >= 4 is 21.6 Å². The third-order valence-electron chi connectivity index (χ3n) is 2.53. The Morgan fingerprint density at radius 1 is 1.24 bits per heavy atom. The number of hydrogen-bond acceptors (Lipinski definition) is 3. The van der Waals surface area contributed by atoms with Crippen LogP contribution in [0.3, 0.4) is 0 Å². The van der Waals surface area contributed by atoms with Gasteiger partial charge in [0.2, 0.25) is 0 Å². The molecule has 3 aromatic rings. The highest BCUT2D eigenvalue weighted by atomic mass is 32.1. The minimum absolute atomic E-state index is 0.307. The third kappa shape index (κ3) is 1.80. The first-order valence-corrected chi connectivity index (χ1v) is 6.04. The number of benzene rings is 1. The lowest BCUT2D eigenvalue weighted by atomic mass is 10.1. The van der Waals surface area contributed by atoms with Crippen LogP contribution >= 0.6 is 11.3 Å². The Kier molecular flexibility index (Phi) is 2.37. The molecule has 0 fully saturated rings. The normalized spacial score (nSPS) is 10.9. The Morgan fingerprint density at radius 3 is 2.94 bits per heavy atom. The summed E-state index contributed by atoms with van der Waals surface area (Å²) in [5, 5.41) is 1.01. The standard InChI is InChI=1S/C13H9FN2S/c1-8-16-11-7-9(4-5-12(11)17-8)13-10(14)3-2-6-15-13/h2-7H,1H3. The minimum Gasteiger partial charge on any atom is -0.253 e. The molecule has 0 amide bonds. The predicted molar refractivity (Wildman–Crippen MR) is 67.5 cm³/mol. The van der Waals surface area contributed by atoms with Gasteiger partial charge >= 0.3 is 0 Å². The maximum atomic E-state index is 13.6. The smallest absolute Gasteiger partial charge is 0.149 e. The lowest BCUT2D eigenvalue weighted by Gasteiger charge is -2.01. The zero-order valence-electron chi connectivity index (χ0n) is 9.14. The summed E-state index contributed by atoms with van der Waals surface area (Å²) in [6.07, 6.45) is 1.59. The van der Waals surface area contributed by atoms with E-state index in [9.17, 15) is 4.39 Å². The monoisotopic (exact) mass is 244 g/mol. The molecule has 0 aliphatic heterocycles. The number of thiazole rings is 1. The highest BCUT2D eigenvalue weighted by molar-refractivity contribution is 7.18. The number of fused-ring (bicyclic) bond motifs is 1. The van der Waals surface area contributed by atoms with E-state index in [1.165, 1.54) is 6.07 Å². The Labute approximate surface area is 102 Å². The van der Waals surface area contributed by atoms with Crippen molar-refractivity contribution < 1.29 is 4.39 Å². The van der Waals surface area contributed by atoms with Crippen LogP contribution < -0.4 is 0 Å². The van der Waals surface area contributed by atoms with E-state index in [4.69, 9.17) is 0 Å². The van der Waals surface area contributed by atoms with Crippen LogP contribution in [0, 0.1) is 12.7 Å². The number of nitrogens with zero attached hydrogens (tertiary/aromatic N) is 2. The van der Waals surface area contributed by atoms with Gasteiger partial charge < -0.3 is 0 Å². The molecule has 2 aromatic heterocycles. The molecule has 0 N–H and O–H groups in total. The molecule has 2 nitrogen and oxygen atoms in total. The summed E-state index contributed by atoms with van der Waals surface area (Å²) in [5.74, 6) is -0.307. The second-order valence-electron chi connectivity index (χ2n) is 3.75. The zero-order chi connectivity index (χ0) is 11.8. The second-order valence-corrected chi connectivity index (χ2v) is 4.98. The molecular weight excluding hydrogens is 235 g/mol. The van der Waals surface area contributed by atoms with E-state index in [-0.39, 0.29) is 5.82 Å². The summed E-state index contributed by atoms with van der Waals surface area (Å²) >= 11 is 1.63. The van der Waals surface area contributed by atoms with Crippen molar-refractivity contribution in [1.29, 1.82) is 0 Å². The Hall–Kier alpha value is -1.81. The predicted octanol–water partition coefficient (Wildman–Crippen LogP) is 3.81. The van der Waals surface area contributed by atoms with Gasteiger partial charge in [-0.2, -0.15) is 0 Å². The maximum Gasteiger partial charge on any atom is 0.149 e. The maximum absolute atomic E-state index is 13.6. The van der Waals surface area contributed by atoms with Crippen molar-refractivity contribution in [3.8, 4) is 11.3 Å². The molecule has 0 bridgehead atoms. The van der Waals surface area contributed by atoms with Crippen molar-refractivity contribution in [2.75, 3.05) is 0 Å². The molecule has 0 atom stereocenters. The van der Waals surface area contributed by atoms with Crippen molar-refractivity contribution in [3.05, 3.63) is 47.4 Å². The molecule has 0 radical (unpaired) electrons. The molecular formula is C13H9FN2S. The summed E-state index contributed by atoms with van der Waals surface area (Å²) in [6, 6.07) is 8.72. The van der Waals surface area contributed by atoms with Gasteiger partial charge in [-0.25, -0.2) is 9.37 Å². The third-order valence-corrected chi connectivity index (χ3v) is 3.48. The van der Waals surface area contributed by atoms with Crippen LogP contribution in [-0.2, 0) is 0 Å². The molecule has 0 spiro atoms. The van der Waals surface area contributed by atoms with Crippen molar-refractivity contribution in [1.82, 2.24) is 9.97 Å². The lowest BCUT2D eigenvalue weighted by molar-refractivity contribution is 0.626. The Morgan fingerprint density at radius 2 is 2.12 bits per heavy atom. The molecule has 0 unspecified atom stereocenters. The van der Waals surface area contributed by atoms with E-state index in [0.717, 1.165) is 20.8 Å². The fraction of sp³-hybridized carbons (Fsp3) is 0.0769. The van der Waals surface area contributed by atoms with Crippen LogP contribution in [0.15, 0.2) is 36.5 Å². The van der Waals surface area contributed by atoms with Crippen LogP contribution in [0.5, 0.6) is 0 Å². The number of pyridine rings is 1. The van der Waals surface area contributed by atoms with Gasteiger partial charge in [0.1, 0.15) is 11.5 Å². The fourth-order valence-electron chi connectivity index (χ4n) is 1.79. The number of halogens is 1. The zero-order valence-corrected chi connectivity index (χ0v) is 9.96. The number of rotatable bonds is 1. The van der Waals surface area contributed by atoms with Gasteiger partial charge in [-0.15, -0.1) is 11.3 Å². The van der Waals surface area contributed by atoms with Crippen molar-refractivity contribution in [2.45, 2.75) is 6.92 Å². The molecule has 0 saturated carbocycles. The van der Waals surface area contributed by atoms with E-state index in [1.54, 1.807) is 23.6 Å². The molecule has 0 aliphatic carbocycles. The highest BCUT2D eigenvalue weighted by Crippen LogP contribution is 2.27. The fourth-order valence-corrected chi connectivity index (χ4v) is 2.60. The van der Waals surface area contributed by atoms with E-state index in [1.807, 2.05) is 25.1 Å². The van der Waals surface area contributed by atoms with E-state index in [0.29, 0.717) is 5.69 Å².